The van der Waals surface area contributed by atoms with Gasteiger partial charge in [0.25, 0.3) is 5.91 Å². The molecule has 1 N–H and O–H groups in total. The van der Waals surface area contributed by atoms with Crippen LogP contribution in [-0.2, 0) is 9.59 Å². The van der Waals surface area contributed by atoms with Crippen LogP contribution in [0.4, 0.5) is 0 Å². The van der Waals surface area contributed by atoms with E-state index in [9.17, 15) is 9.59 Å². The molecule has 0 unspecified atom stereocenters. The molecule has 1 fully saturated rings. The van der Waals surface area contributed by atoms with E-state index in [1.807, 2.05) is 32.1 Å². The highest BCUT2D eigenvalue weighted by Gasteiger charge is 2.32. The Balaban J connectivity index is 2.13. The van der Waals surface area contributed by atoms with Gasteiger partial charge in [-0.2, -0.15) is 0 Å². The zero-order valence-corrected chi connectivity index (χ0v) is 13.8. The van der Waals surface area contributed by atoms with E-state index < -0.39 is 12.5 Å². The lowest BCUT2D eigenvalue weighted by molar-refractivity contribution is -0.140. The lowest BCUT2D eigenvalue weighted by atomic mass is 10.1. The van der Waals surface area contributed by atoms with Gasteiger partial charge in [0.05, 0.1) is 4.91 Å². The molecule has 1 aromatic carbocycles. The van der Waals surface area contributed by atoms with E-state index in [1.165, 1.54) is 11.1 Å². The molecule has 1 saturated heterocycles. The molecule has 0 atom stereocenters. The van der Waals surface area contributed by atoms with Crippen LogP contribution in [0, 0.1) is 13.8 Å². The van der Waals surface area contributed by atoms with Crippen LogP contribution in [0.5, 0.6) is 0 Å². The number of carbonyl (C=O) groups is 2. The molecule has 0 radical (unpaired) electrons. The molecule has 4 nitrogen and oxygen atoms in total. The third-order valence-electron chi connectivity index (χ3n) is 2.95. The summed E-state index contributed by atoms with van der Waals surface area (Å²) in [5, 5.41) is 8.78. The van der Waals surface area contributed by atoms with Crippen LogP contribution < -0.4 is 0 Å². The molecule has 1 aliphatic rings. The van der Waals surface area contributed by atoms with Crippen molar-refractivity contribution in [1.29, 1.82) is 0 Å². The van der Waals surface area contributed by atoms with Crippen molar-refractivity contribution in [2.24, 2.45) is 0 Å². The number of hydrogen-bond acceptors (Lipinski definition) is 4. The van der Waals surface area contributed by atoms with Crippen LogP contribution >= 0.6 is 24.0 Å². The van der Waals surface area contributed by atoms with Crippen LogP contribution in [0.15, 0.2) is 35.3 Å². The van der Waals surface area contributed by atoms with Gasteiger partial charge in [0.2, 0.25) is 0 Å². The third-order valence-corrected chi connectivity index (χ3v) is 4.34. The number of allylic oxidation sites excluding steroid dienone is 2. The summed E-state index contributed by atoms with van der Waals surface area (Å²) in [4.78, 5) is 24.3. The number of amides is 1. The minimum Gasteiger partial charge on any atom is -0.480 e. The summed E-state index contributed by atoms with van der Waals surface area (Å²) < 4.78 is 0.276. The Hall–Kier alpha value is -1.92. The molecule has 0 bridgehead atoms. The standard InChI is InChI=1S/C16H15NO3S2/c1-10-6-11(2)8-12(7-10)4-3-5-13-15(20)17(9-14(18)19)16(21)22-13/h3-8H,9H2,1-2H3,(H,18,19). The summed E-state index contributed by atoms with van der Waals surface area (Å²) >= 11 is 6.15. The lowest BCUT2D eigenvalue weighted by Gasteiger charge is -2.09. The molecular weight excluding hydrogens is 318 g/mol. The molecule has 0 aliphatic carbocycles. The van der Waals surface area contributed by atoms with Crippen molar-refractivity contribution in [2.75, 3.05) is 6.54 Å². The average Bonchev–Trinajstić information content (AvgIpc) is 2.65. The van der Waals surface area contributed by atoms with E-state index in [0.29, 0.717) is 4.91 Å². The average molecular weight is 333 g/mol. The van der Waals surface area contributed by atoms with Gasteiger partial charge < -0.3 is 5.11 Å². The first-order valence-corrected chi connectivity index (χ1v) is 7.81. The van der Waals surface area contributed by atoms with Crippen molar-refractivity contribution in [3.8, 4) is 0 Å². The number of thiocarbonyl (C=S) groups is 1. The normalized spacial score (nSPS) is 17.0. The summed E-state index contributed by atoms with van der Waals surface area (Å²) in [6.07, 6.45) is 5.35. The highest BCUT2D eigenvalue weighted by molar-refractivity contribution is 8.26. The lowest BCUT2D eigenvalue weighted by Crippen LogP contribution is -2.33. The summed E-state index contributed by atoms with van der Waals surface area (Å²) in [6, 6.07) is 6.19. The topological polar surface area (TPSA) is 57.6 Å². The Morgan fingerprint density at radius 2 is 1.95 bits per heavy atom. The molecule has 22 heavy (non-hydrogen) atoms. The SMILES string of the molecule is Cc1cc(C)cc(C=CC=C2SC(=S)N(CC(=O)O)C2=O)c1. The summed E-state index contributed by atoms with van der Waals surface area (Å²) in [5.74, 6) is -1.44. The first-order valence-electron chi connectivity index (χ1n) is 6.59. The Labute approximate surface area is 138 Å². The quantitative estimate of drug-likeness (QED) is 0.677. The molecular formula is C16H15NO3S2. The monoisotopic (exact) mass is 333 g/mol. The number of carboxylic acids is 1. The maximum absolute atomic E-state index is 12.1. The van der Waals surface area contributed by atoms with Crippen LogP contribution in [0.3, 0.4) is 0 Å². The molecule has 1 amide bonds. The maximum atomic E-state index is 12.1. The maximum Gasteiger partial charge on any atom is 0.323 e. The molecule has 1 aliphatic heterocycles. The molecule has 1 heterocycles. The van der Waals surface area contributed by atoms with Gasteiger partial charge in [0.15, 0.2) is 0 Å². The summed E-state index contributed by atoms with van der Waals surface area (Å²) in [7, 11) is 0. The molecule has 1 aromatic rings. The van der Waals surface area contributed by atoms with Crippen LogP contribution in [0.2, 0.25) is 0 Å². The number of aryl methyl sites for hydroxylation is 2. The number of hydrogen-bond donors (Lipinski definition) is 1. The number of aliphatic carboxylic acids is 1. The Morgan fingerprint density at radius 3 is 2.55 bits per heavy atom. The van der Waals surface area contributed by atoms with E-state index in [2.05, 4.69) is 6.07 Å². The van der Waals surface area contributed by atoms with Gasteiger partial charge in [0.1, 0.15) is 10.9 Å². The predicted octanol–water partition coefficient (Wildman–Crippen LogP) is 3.15. The fourth-order valence-electron chi connectivity index (χ4n) is 2.14. The van der Waals surface area contributed by atoms with Crippen molar-refractivity contribution in [3.63, 3.8) is 0 Å². The third kappa shape index (κ3) is 4.05. The fraction of sp³-hybridized carbons (Fsp3) is 0.188. The number of nitrogens with zero attached hydrogens (tertiary/aromatic N) is 1. The summed E-state index contributed by atoms with van der Waals surface area (Å²) in [5.41, 5.74) is 3.40. The van der Waals surface area contributed by atoms with Gasteiger partial charge >= 0.3 is 5.97 Å². The number of benzene rings is 1. The minimum absolute atomic E-state index is 0.276. The van der Waals surface area contributed by atoms with E-state index in [4.69, 9.17) is 17.3 Å². The van der Waals surface area contributed by atoms with Crippen LogP contribution in [-0.4, -0.2) is 32.7 Å². The molecule has 0 spiro atoms. The van der Waals surface area contributed by atoms with Gasteiger partial charge in [0, 0.05) is 0 Å². The first kappa shape index (κ1) is 16.5. The number of carboxylic acid groups (broad SMARTS) is 1. The van der Waals surface area contributed by atoms with Crippen molar-refractivity contribution in [3.05, 3.63) is 51.9 Å². The predicted molar refractivity (Wildman–Crippen MR) is 92.6 cm³/mol. The van der Waals surface area contributed by atoms with Gasteiger partial charge in [-0.15, -0.1) is 0 Å². The van der Waals surface area contributed by atoms with Crippen molar-refractivity contribution in [2.45, 2.75) is 13.8 Å². The zero-order valence-electron chi connectivity index (χ0n) is 12.2. The largest absolute Gasteiger partial charge is 0.480 e. The molecule has 6 heteroatoms. The second-order valence-corrected chi connectivity index (χ2v) is 6.64. The van der Waals surface area contributed by atoms with Crippen LogP contribution in [0.1, 0.15) is 16.7 Å². The van der Waals surface area contributed by atoms with Gasteiger partial charge in [-0.3, -0.25) is 14.5 Å². The fourth-order valence-corrected chi connectivity index (χ4v) is 3.35. The van der Waals surface area contributed by atoms with E-state index in [-0.39, 0.29) is 10.2 Å². The van der Waals surface area contributed by atoms with E-state index >= 15 is 0 Å². The number of thioether (sulfide) groups is 1. The highest BCUT2D eigenvalue weighted by atomic mass is 32.2. The van der Waals surface area contributed by atoms with Crippen LogP contribution in [0.25, 0.3) is 6.08 Å². The van der Waals surface area contributed by atoms with Crippen molar-refractivity contribution in [1.82, 2.24) is 4.90 Å². The Bertz CT molecular complexity index is 687. The van der Waals surface area contributed by atoms with Crippen molar-refractivity contribution >= 4 is 46.3 Å². The second kappa shape index (κ2) is 6.89. The summed E-state index contributed by atoms with van der Waals surface area (Å²) in [6.45, 7) is 3.66. The van der Waals surface area contributed by atoms with Gasteiger partial charge in [-0.1, -0.05) is 65.5 Å². The minimum atomic E-state index is -1.08. The number of rotatable bonds is 4. The van der Waals surface area contributed by atoms with E-state index in [0.717, 1.165) is 22.2 Å². The first-order chi connectivity index (χ1) is 10.4. The molecule has 0 saturated carbocycles. The Morgan fingerprint density at radius 1 is 1.32 bits per heavy atom. The van der Waals surface area contributed by atoms with Gasteiger partial charge in [-0.25, -0.2) is 0 Å². The molecule has 0 aromatic heterocycles. The zero-order chi connectivity index (χ0) is 16.3. The Kier molecular flexibility index (Phi) is 5.15. The smallest absolute Gasteiger partial charge is 0.323 e. The van der Waals surface area contributed by atoms with Gasteiger partial charge in [-0.05, 0) is 25.5 Å². The van der Waals surface area contributed by atoms with Crippen molar-refractivity contribution < 1.29 is 14.7 Å². The number of carbonyl (C=O) groups excluding carboxylic acids is 1. The second-order valence-electron chi connectivity index (χ2n) is 4.96. The van der Waals surface area contributed by atoms with E-state index in [1.54, 1.807) is 12.2 Å². The molecule has 2 rings (SSSR count). The molecule has 114 valence electrons. The highest BCUT2D eigenvalue weighted by Crippen LogP contribution is 2.30.